The quantitative estimate of drug-likeness (QED) is 0.731. The smallest absolute Gasteiger partial charge is 0.222 e. The summed E-state index contributed by atoms with van der Waals surface area (Å²) >= 11 is 0. The fraction of sp³-hybridized carbons (Fsp3) is 0.692. The number of nitrogens with zero attached hydrogens (tertiary/aromatic N) is 1. The number of piperidine rings is 1. The molecule has 2 saturated heterocycles. The minimum absolute atomic E-state index is 0.131. The van der Waals surface area contributed by atoms with Crippen molar-refractivity contribution in [2.24, 2.45) is 11.8 Å². The van der Waals surface area contributed by atoms with Crippen molar-refractivity contribution in [2.75, 3.05) is 19.7 Å². The Labute approximate surface area is 186 Å². The SMILES string of the molecule is O=C(CC1CCOC2(CCN(C(=O)CC3CCCCC3)CC2)C1)NCc1ccccc1. The molecule has 1 aliphatic carbocycles. The normalized spacial score (nSPS) is 24.1. The van der Waals surface area contributed by atoms with Crippen LogP contribution >= 0.6 is 0 Å². The van der Waals surface area contributed by atoms with Crippen LogP contribution in [0.25, 0.3) is 0 Å². The second-order valence-electron chi connectivity index (χ2n) is 9.95. The number of nitrogens with one attached hydrogen (secondary N) is 1. The maximum atomic E-state index is 12.8. The molecule has 4 rings (SSSR count). The van der Waals surface area contributed by atoms with Crippen LogP contribution in [0.1, 0.15) is 76.2 Å². The van der Waals surface area contributed by atoms with E-state index in [1.54, 1.807) is 0 Å². The summed E-state index contributed by atoms with van der Waals surface area (Å²) in [5, 5.41) is 3.07. The van der Waals surface area contributed by atoms with E-state index in [2.05, 4.69) is 10.2 Å². The monoisotopic (exact) mass is 426 g/mol. The number of carbonyl (C=O) groups excluding carboxylic acids is 2. The van der Waals surface area contributed by atoms with Crippen LogP contribution in [0.4, 0.5) is 0 Å². The highest BCUT2D eigenvalue weighted by molar-refractivity contribution is 5.77. The Kier molecular flexibility index (Phi) is 7.65. The van der Waals surface area contributed by atoms with Gasteiger partial charge in [-0.3, -0.25) is 9.59 Å². The number of benzene rings is 1. The molecule has 0 aromatic heterocycles. The number of ether oxygens (including phenoxy) is 1. The molecule has 170 valence electrons. The Morgan fingerprint density at radius 2 is 1.71 bits per heavy atom. The second kappa shape index (κ2) is 10.6. The van der Waals surface area contributed by atoms with Gasteiger partial charge in [-0.15, -0.1) is 0 Å². The Bertz CT molecular complexity index is 721. The molecule has 1 atom stereocenters. The molecule has 5 nitrogen and oxygen atoms in total. The summed E-state index contributed by atoms with van der Waals surface area (Å²) in [4.78, 5) is 27.3. The fourth-order valence-electron chi connectivity index (χ4n) is 5.71. The minimum Gasteiger partial charge on any atom is -0.375 e. The summed E-state index contributed by atoms with van der Waals surface area (Å²) in [7, 11) is 0. The van der Waals surface area contributed by atoms with Gasteiger partial charge in [0.25, 0.3) is 0 Å². The second-order valence-corrected chi connectivity index (χ2v) is 9.95. The molecule has 2 heterocycles. The van der Waals surface area contributed by atoms with E-state index in [-0.39, 0.29) is 11.5 Å². The molecule has 1 aromatic carbocycles. The van der Waals surface area contributed by atoms with Crippen molar-refractivity contribution >= 4 is 11.8 Å². The van der Waals surface area contributed by atoms with Gasteiger partial charge in [0.15, 0.2) is 0 Å². The van der Waals surface area contributed by atoms with Crippen LogP contribution in [0.3, 0.4) is 0 Å². The van der Waals surface area contributed by atoms with Gasteiger partial charge in [-0.2, -0.15) is 0 Å². The molecule has 1 aromatic rings. The summed E-state index contributed by atoms with van der Waals surface area (Å²) in [5.41, 5.74) is 0.995. The van der Waals surface area contributed by atoms with Gasteiger partial charge in [0.2, 0.25) is 11.8 Å². The first-order chi connectivity index (χ1) is 15.1. The van der Waals surface area contributed by atoms with Crippen molar-refractivity contribution in [2.45, 2.75) is 82.8 Å². The number of hydrogen-bond acceptors (Lipinski definition) is 3. The maximum Gasteiger partial charge on any atom is 0.222 e. The highest BCUT2D eigenvalue weighted by Crippen LogP contribution is 2.39. The molecule has 31 heavy (non-hydrogen) atoms. The van der Waals surface area contributed by atoms with E-state index >= 15 is 0 Å². The third-order valence-corrected chi connectivity index (χ3v) is 7.62. The first-order valence-electron chi connectivity index (χ1n) is 12.3. The van der Waals surface area contributed by atoms with E-state index in [9.17, 15) is 9.59 Å². The van der Waals surface area contributed by atoms with Gasteiger partial charge in [0.1, 0.15) is 0 Å². The summed E-state index contributed by atoms with van der Waals surface area (Å²) < 4.78 is 6.26. The van der Waals surface area contributed by atoms with E-state index in [0.29, 0.717) is 30.7 Å². The third kappa shape index (κ3) is 6.31. The highest BCUT2D eigenvalue weighted by Gasteiger charge is 2.41. The summed E-state index contributed by atoms with van der Waals surface area (Å²) in [6, 6.07) is 10.0. The fourth-order valence-corrected chi connectivity index (χ4v) is 5.71. The largest absolute Gasteiger partial charge is 0.375 e. The van der Waals surface area contributed by atoms with Gasteiger partial charge in [0, 0.05) is 39.1 Å². The lowest BCUT2D eigenvalue weighted by Crippen LogP contribution is -2.51. The van der Waals surface area contributed by atoms with Crippen LogP contribution in [-0.4, -0.2) is 42.0 Å². The van der Waals surface area contributed by atoms with Crippen LogP contribution in [0, 0.1) is 11.8 Å². The summed E-state index contributed by atoms with van der Waals surface area (Å²) in [5.74, 6) is 1.44. The van der Waals surface area contributed by atoms with Gasteiger partial charge in [-0.25, -0.2) is 0 Å². The number of carbonyl (C=O) groups is 2. The van der Waals surface area contributed by atoms with Gasteiger partial charge in [-0.1, -0.05) is 49.6 Å². The van der Waals surface area contributed by atoms with E-state index < -0.39 is 0 Å². The summed E-state index contributed by atoms with van der Waals surface area (Å²) in [6.07, 6.45) is 11.4. The molecule has 1 saturated carbocycles. The van der Waals surface area contributed by atoms with Crippen LogP contribution in [-0.2, 0) is 20.9 Å². The molecular weight excluding hydrogens is 388 g/mol. The molecule has 1 N–H and O–H groups in total. The molecule has 0 radical (unpaired) electrons. The number of likely N-dealkylation sites (tertiary alicyclic amines) is 1. The van der Waals surface area contributed by atoms with E-state index in [4.69, 9.17) is 4.74 Å². The standard InChI is InChI=1S/C26H38N2O3/c29-24(27-20-22-9-5-2-6-10-22)17-23-11-16-31-26(19-23)12-14-28(15-13-26)25(30)18-21-7-3-1-4-8-21/h2,5-6,9-10,21,23H,1,3-4,7-8,11-20H2,(H,27,29). The van der Waals surface area contributed by atoms with E-state index in [0.717, 1.165) is 57.4 Å². The zero-order valence-corrected chi connectivity index (χ0v) is 18.8. The third-order valence-electron chi connectivity index (χ3n) is 7.62. The van der Waals surface area contributed by atoms with Crippen molar-refractivity contribution in [3.05, 3.63) is 35.9 Å². The minimum atomic E-state index is -0.135. The lowest BCUT2D eigenvalue weighted by atomic mass is 9.78. The van der Waals surface area contributed by atoms with Crippen molar-refractivity contribution < 1.29 is 14.3 Å². The topological polar surface area (TPSA) is 58.6 Å². The van der Waals surface area contributed by atoms with Crippen molar-refractivity contribution in [3.8, 4) is 0 Å². The van der Waals surface area contributed by atoms with Crippen LogP contribution in [0.15, 0.2) is 30.3 Å². The van der Waals surface area contributed by atoms with Crippen LogP contribution in [0.2, 0.25) is 0 Å². The molecule has 3 aliphatic rings. The Balaban J connectivity index is 1.21. The predicted molar refractivity (Wildman–Crippen MR) is 121 cm³/mol. The van der Waals surface area contributed by atoms with Gasteiger partial charge in [-0.05, 0) is 55.9 Å². The van der Waals surface area contributed by atoms with E-state index in [1.165, 1.54) is 32.1 Å². The molecule has 3 fully saturated rings. The first-order valence-corrected chi connectivity index (χ1v) is 12.3. The lowest BCUT2D eigenvalue weighted by Gasteiger charge is -2.46. The molecule has 1 unspecified atom stereocenters. The van der Waals surface area contributed by atoms with Gasteiger partial charge in [0.05, 0.1) is 5.60 Å². The molecule has 2 amide bonds. The molecular formula is C26H38N2O3. The van der Waals surface area contributed by atoms with Crippen molar-refractivity contribution in [1.29, 1.82) is 0 Å². The zero-order valence-electron chi connectivity index (χ0n) is 18.8. The molecule has 0 bridgehead atoms. The van der Waals surface area contributed by atoms with E-state index in [1.807, 2.05) is 30.3 Å². The number of rotatable bonds is 6. The van der Waals surface area contributed by atoms with Crippen molar-refractivity contribution in [1.82, 2.24) is 10.2 Å². The average Bonchev–Trinajstić information content (AvgIpc) is 2.80. The van der Waals surface area contributed by atoms with Gasteiger partial charge < -0.3 is 15.0 Å². The highest BCUT2D eigenvalue weighted by atomic mass is 16.5. The van der Waals surface area contributed by atoms with Crippen LogP contribution in [0.5, 0.6) is 0 Å². The Hall–Kier alpha value is -1.88. The molecule has 5 heteroatoms. The Morgan fingerprint density at radius 1 is 0.968 bits per heavy atom. The van der Waals surface area contributed by atoms with Crippen molar-refractivity contribution in [3.63, 3.8) is 0 Å². The molecule has 1 spiro atoms. The predicted octanol–water partition coefficient (Wildman–Crippen LogP) is 4.45. The summed E-state index contributed by atoms with van der Waals surface area (Å²) in [6.45, 7) is 2.93. The number of hydrogen-bond donors (Lipinski definition) is 1. The molecule has 2 aliphatic heterocycles. The average molecular weight is 427 g/mol. The number of amides is 2. The zero-order chi connectivity index (χ0) is 21.5. The van der Waals surface area contributed by atoms with Crippen LogP contribution < -0.4 is 5.32 Å². The Morgan fingerprint density at radius 3 is 2.45 bits per heavy atom. The first kappa shape index (κ1) is 22.3. The maximum absolute atomic E-state index is 12.8. The lowest BCUT2D eigenvalue weighted by molar-refractivity contribution is -0.149. The van der Waals surface area contributed by atoms with Gasteiger partial charge >= 0.3 is 0 Å².